The molecule has 0 amide bonds. The van der Waals surface area contributed by atoms with Gasteiger partial charge in [0.1, 0.15) is 5.60 Å². The molecule has 1 aliphatic heterocycles. The van der Waals surface area contributed by atoms with Gasteiger partial charge in [-0.25, -0.2) is 22.3 Å². The summed E-state index contributed by atoms with van der Waals surface area (Å²) in [7, 11) is -0.871. The predicted molar refractivity (Wildman–Crippen MR) is 105 cm³/mol. The van der Waals surface area contributed by atoms with Crippen molar-refractivity contribution < 1.29 is 27.5 Å². The number of esters is 2. The van der Waals surface area contributed by atoms with Crippen molar-refractivity contribution in [2.75, 3.05) is 38.7 Å². The largest absolute Gasteiger partial charge is 0.457 e. The summed E-state index contributed by atoms with van der Waals surface area (Å²) in [5.74, 6) is -1.43. The van der Waals surface area contributed by atoms with E-state index in [0.29, 0.717) is 5.69 Å². The maximum atomic E-state index is 12.7. The fourth-order valence-electron chi connectivity index (χ4n) is 2.86. The van der Waals surface area contributed by atoms with Crippen molar-refractivity contribution in [1.29, 1.82) is 0 Å². The number of hydrogen-bond acceptors (Lipinski definition) is 7. The smallest absolute Gasteiger partial charge is 0.344 e. The van der Waals surface area contributed by atoms with E-state index in [1.165, 1.54) is 26.2 Å². The van der Waals surface area contributed by atoms with Crippen molar-refractivity contribution in [1.82, 2.24) is 4.31 Å². The number of hydrogen-bond donors (Lipinski definition) is 0. The van der Waals surface area contributed by atoms with Crippen LogP contribution in [0.15, 0.2) is 23.1 Å². The molecule has 0 radical (unpaired) electrons. The normalized spacial score (nSPS) is 15.0. The molecule has 1 aromatic carbocycles. The van der Waals surface area contributed by atoms with Gasteiger partial charge in [-0.1, -0.05) is 0 Å². The number of carbonyl (C=O) groups excluding carboxylic acids is 2. The topological polar surface area (TPSA) is 93.2 Å². The van der Waals surface area contributed by atoms with Crippen LogP contribution in [0.4, 0.5) is 5.69 Å². The van der Waals surface area contributed by atoms with E-state index < -0.39 is 34.2 Å². The molecular formula is C19H28N2O6S. The molecule has 1 aliphatic rings. The van der Waals surface area contributed by atoms with Crippen LogP contribution in [-0.4, -0.2) is 64.1 Å². The summed E-state index contributed by atoms with van der Waals surface area (Å²) in [5, 5.41) is 0. The minimum absolute atomic E-state index is 0.00957. The van der Waals surface area contributed by atoms with Crippen molar-refractivity contribution >= 4 is 27.6 Å². The summed E-state index contributed by atoms with van der Waals surface area (Å²) in [6, 6.07) is 4.40. The van der Waals surface area contributed by atoms with E-state index in [4.69, 9.17) is 9.47 Å². The van der Waals surface area contributed by atoms with Gasteiger partial charge in [0.15, 0.2) is 6.61 Å². The van der Waals surface area contributed by atoms with Crippen LogP contribution in [0, 0.1) is 0 Å². The second-order valence-corrected chi connectivity index (χ2v) is 9.97. The highest BCUT2D eigenvalue weighted by Crippen LogP contribution is 2.28. The lowest BCUT2D eigenvalue weighted by molar-refractivity contribution is -0.158. The molecule has 1 aromatic rings. The van der Waals surface area contributed by atoms with Crippen molar-refractivity contribution in [2.45, 2.75) is 44.1 Å². The van der Waals surface area contributed by atoms with Crippen LogP contribution in [0.1, 0.15) is 44.0 Å². The quantitative estimate of drug-likeness (QED) is 0.660. The van der Waals surface area contributed by atoms with Gasteiger partial charge < -0.3 is 14.4 Å². The van der Waals surface area contributed by atoms with Gasteiger partial charge in [-0.15, -0.1) is 0 Å². The summed E-state index contributed by atoms with van der Waals surface area (Å²) >= 11 is 0. The molecule has 28 heavy (non-hydrogen) atoms. The second kappa shape index (κ2) is 8.48. The Morgan fingerprint density at radius 1 is 1.14 bits per heavy atom. The van der Waals surface area contributed by atoms with Crippen molar-refractivity contribution in [3.63, 3.8) is 0 Å². The molecule has 0 aromatic heterocycles. The molecule has 0 atom stereocenters. The molecule has 156 valence electrons. The molecule has 0 aliphatic carbocycles. The van der Waals surface area contributed by atoms with Gasteiger partial charge in [0.2, 0.25) is 10.0 Å². The SMILES string of the molecule is CN(C)S(=O)(=O)c1ccc(N2CCCC2)c(C(=O)OCC(=O)OC(C)(C)C)c1. The Bertz CT molecular complexity index is 836. The number of nitrogens with zero attached hydrogens (tertiary/aromatic N) is 2. The summed E-state index contributed by atoms with van der Waals surface area (Å²) in [6.07, 6.45) is 1.98. The third-order valence-corrected chi connectivity index (χ3v) is 5.97. The van der Waals surface area contributed by atoms with E-state index in [1.54, 1.807) is 26.8 Å². The molecule has 9 heteroatoms. The number of carbonyl (C=O) groups is 2. The Labute approximate surface area is 166 Å². The summed E-state index contributed by atoms with van der Waals surface area (Å²) in [5.41, 5.74) is 0.0296. The van der Waals surface area contributed by atoms with Gasteiger partial charge in [0, 0.05) is 27.2 Å². The number of sulfonamides is 1. The van der Waals surface area contributed by atoms with Gasteiger partial charge in [-0.3, -0.25) is 0 Å². The maximum absolute atomic E-state index is 12.7. The van der Waals surface area contributed by atoms with E-state index in [9.17, 15) is 18.0 Å². The van der Waals surface area contributed by atoms with Crippen LogP contribution in [0.25, 0.3) is 0 Å². The molecule has 1 saturated heterocycles. The molecule has 1 fully saturated rings. The zero-order valence-corrected chi connectivity index (χ0v) is 17.8. The van der Waals surface area contributed by atoms with E-state index >= 15 is 0 Å². The zero-order chi connectivity index (χ0) is 21.1. The highest BCUT2D eigenvalue weighted by atomic mass is 32.2. The first-order chi connectivity index (χ1) is 12.9. The van der Waals surface area contributed by atoms with Crippen molar-refractivity contribution in [3.8, 4) is 0 Å². The van der Waals surface area contributed by atoms with Crippen LogP contribution < -0.4 is 4.90 Å². The summed E-state index contributed by atoms with van der Waals surface area (Å²) in [4.78, 5) is 26.5. The van der Waals surface area contributed by atoms with Crippen molar-refractivity contribution in [2.24, 2.45) is 0 Å². The predicted octanol–water partition coefficient (Wildman–Crippen LogP) is 2.04. The lowest BCUT2D eigenvalue weighted by Gasteiger charge is -2.22. The fourth-order valence-corrected chi connectivity index (χ4v) is 3.79. The first kappa shape index (κ1) is 22.2. The van der Waals surface area contributed by atoms with Crippen LogP contribution >= 0.6 is 0 Å². The van der Waals surface area contributed by atoms with E-state index in [0.717, 1.165) is 30.2 Å². The highest BCUT2D eigenvalue weighted by molar-refractivity contribution is 7.89. The molecule has 0 spiro atoms. The Morgan fingerprint density at radius 3 is 2.29 bits per heavy atom. The monoisotopic (exact) mass is 412 g/mol. The lowest BCUT2D eigenvalue weighted by Crippen LogP contribution is -2.28. The summed E-state index contributed by atoms with van der Waals surface area (Å²) in [6.45, 7) is 6.15. The highest BCUT2D eigenvalue weighted by Gasteiger charge is 2.26. The first-order valence-corrected chi connectivity index (χ1v) is 10.6. The minimum Gasteiger partial charge on any atom is -0.457 e. The van der Waals surface area contributed by atoms with Crippen LogP contribution in [-0.2, 0) is 24.3 Å². The fraction of sp³-hybridized carbons (Fsp3) is 0.579. The van der Waals surface area contributed by atoms with Gasteiger partial charge in [0.25, 0.3) is 0 Å². The molecule has 8 nitrogen and oxygen atoms in total. The molecule has 0 bridgehead atoms. The van der Waals surface area contributed by atoms with Gasteiger partial charge >= 0.3 is 11.9 Å². The molecule has 0 N–H and O–H groups in total. The second-order valence-electron chi connectivity index (χ2n) is 7.82. The van der Waals surface area contributed by atoms with Crippen molar-refractivity contribution in [3.05, 3.63) is 23.8 Å². The van der Waals surface area contributed by atoms with Crippen LogP contribution in [0.5, 0.6) is 0 Å². The molecular weight excluding hydrogens is 384 g/mol. The van der Waals surface area contributed by atoms with E-state index in [1.807, 2.05) is 4.90 Å². The minimum atomic E-state index is -3.71. The van der Waals surface area contributed by atoms with Crippen LogP contribution in [0.2, 0.25) is 0 Å². The molecule has 1 heterocycles. The first-order valence-electron chi connectivity index (χ1n) is 9.12. The lowest BCUT2D eigenvalue weighted by atomic mass is 10.1. The van der Waals surface area contributed by atoms with Gasteiger partial charge in [-0.05, 0) is 51.8 Å². The Balaban J connectivity index is 2.30. The van der Waals surface area contributed by atoms with Gasteiger partial charge in [0.05, 0.1) is 16.1 Å². The standard InChI is InChI=1S/C19H28N2O6S/c1-19(2,3)27-17(22)13-26-18(23)15-12-14(28(24,25)20(4)5)8-9-16(15)21-10-6-7-11-21/h8-9,12H,6-7,10-11,13H2,1-5H3. The van der Waals surface area contributed by atoms with Gasteiger partial charge in [-0.2, -0.15) is 0 Å². The zero-order valence-electron chi connectivity index (χ0n) is 17.0. The molecule has 0 unspecified atom stereocenters. The average Bonchev–Trinajstić information content (AvgIpc) is 3.11. The third kappa shape index (κ3) is 5.45. The average molecular weight is 413 g/mol. The van der Waals surface area contributed by atoms with E-state index in [2.05, 4.69) is 0 Å². The Morgan fingerprint density at radius 2 is 1.75 bits per heavy atom. The number of rotatable bonds is 6. The molecule has 0 saturated carbocycles. The molecule has 2 rings (SSSR count). The third-order valence-electron chi connectivity index (χ3n) is 4.15. The van der Waals surface area contributed by atoms with E-state index in [-0.39, 0.29) is 10.5 Å². The Kier molecular flexibility index (Phi) is 6.71. The number of ether oxygens (including phenoxy) is 2. The number of benzene rings is 1. The Hall–Kier alpha value is -2.13. The van der Waals surface area contributed by atoms with Crippen LogP contribution in [0.3, 0.4) is 0 Å². The number of anilines is 1. The maximum Gasteiger partial charge on any atom is 0.344 e. The summed E-state index contributed by atoms with van der Waals surface area (Å²) < 4.78 is 36.2.